The predicted molar refractivity (Wildman–Crippen MR) is 86.3 cm³/mol. The van der Waals surface area contributed by atoms with Gasteiger partial charge >= 0.3 is 0 Å². The highest BCUT2D eigenvalue weighted by atomic mass is 35.5. The lowest BCUT2D eigenvalue weighted by molar-refractivity contribution is -0.246. The molecule has 0 N–H and O–H groups in total. The van der Waals surface area contributed by atoms with Crippen molar-refractivity contribution in [3.05, 3.63) is 35.9 Å². The maximum Gasteiger partial charge on any atom is 0.169 e. The van der Waals surface area contributed by atoms with E-state index in [0.717, 1.165) is 5.56 Å². The molecule has 3 aliphatic rings. The van der Waals surface area contributed by atoms with Gasteiger partial charge < -0.3 is 18.9 Å². The summed E-state index contributed by atoms with van der Waals surface area (Å²) >= 11 is 13.0. The van der Waals surface area contributed by atoms with Gasteiger partial charge in [0.2, 0.25) is 0 Å². The molecule has 3 fully saturated rings. The van der Waals surface area contributed by atoms with Gasteiger partial charge in [0, 0.05) is 0 Å². The van der Waals surface area contributed by atoms with Crippen LogP contribution in [0.4, 0.5) is 0 Å². The second kappa shape index (κ2) is 5.32. The van der Waals surface area contributed by atoms with Gasteiger partial charge in [-0.2, -0.15) is 0 Å². The highest BCUT2D eigenvalue weighted by Crippen LogP contribution is 2.72. The monoisotopic (exact) mass is 358 g/mol. The Bertz CT molecular complexity index is 592. The third kappa shape index (κ3) is 2.60. The van der Waals surface area contributed by atoms with E-state index in [1.165, 1.54) is 0 Å². The van der Waals surface area contributed by atoms with Crippen LogP contribution in [0.25, 0.3) is 0 Å². The lowest BCUT2D eigenvalue weighted by Crippen LogP contribution is -2.52. The van der Waals surface area contributed by atoms with Crippen molar-refractivity contribution in [2.75, 3.05) is 6.61 Å². The Morgan fingerprint density at radius 1 is 1.17 bits per heavy atom. The Balaban J connectivity index is 1.54. The van der Waals surface area contributed by atoms with Crippen molar-refractivity contribution in [2.24, 2.45) is 5.41 Å². The molecule has 1 aliphatic carbocycles. The Morgan fingerprint density at radius 2 is 1.87 bits per heavy atom. The molecule has 1 aromatic rings. The second-order valence-corrected chi connectivity index (χ2v) is 8.46. The summed E-state index contributed by atoms with van der Waals surface area (Å²) in [6.45, 7) is 4.65. The lowest BCUT2D eigenvalue weighted by Gasteiger charge is -2.39. The van der Waals surface area contributed by atoms with Gasteiger partial charge in [-0.1, -0.05) is 30.3 Å². The van der Waals surface area contributed by atoms with Crippen LogP contribution >= 0.6 is 23.2 Å². The van der Waals surface area contributed by atoms with Gasteiger partial charge in [0.15, 0.2) is 12.1 Å². The van der Waals surface area contributed by atoms with Crippen LogP contribution in [-0.4, -0.2) is 35.2 Å². The molecule has 2 aliphatic heterocycles. The van der Waals surface area contributed by atoms with Crippen molar-refractivity contribution in [1.29, 1.82) is 0 Å². The normalized spacial score (nSPS) is 40.1. The highest BCUT2D eigenvalue weighted by molar-refractivity contribution is 6.51. The van der Waals surface area contributed by atoms with Crippen LogP contribution in [0.1, 0.15) is 25.8 Å². The summed E-state index contributed by atoms with van der Waals surface area (Å²) in [5.74, 6) is -0.660. The van der Waals surface area contributed by atoms with Crippen LogP contribution in [0.3, 0.4) is 0 Å². The summed E-state index contributed by atoms with van der Waals surface area (Å²) < 4.78 is 23.1. The molecule has 1 saturated carbocycles. The quantitative estimate of drug-likeness (QED) is 0.773. The number of benzene rings is 1. The van der Waals surface area contributed by atoms with Crippen LogP contribution in [0.2, 0.25) is 0 Å². The van der Waals surface area contributed by atoms with Gasteiger partial charge in [0.1, 0.15) is 16.5 Å². The van der Waals surface area contributed by atoms with Gasteiger partial charge in [0.05, 0.1) is 18.6 Å². The fourth-order valence-corrected chi connectivity index (χ4v) is 4.53. The summed E-state index contributed by atoms with van der Waals surface area (Å²) in [5.41, 5.74) is 0.495. The van der Waals surface area contributed by atoms with E-state index in [1.54, 1.807) is 0 Å². The van der Waals surface area contributed by atoms with Crippen LogP contribution in [0.15, 0.2) is 30.3 Å². The smallest absolute Gasteiger partial charge is 0.169 e. The summed E-state index contributed by atoms with van der Waals surface area (Å²) in [5, 5.41) is 0. The van der Waals surface area contributed by atoms with Gasteiger partial charge in [0.25, 0.3) is 0 Å². The molecule has 0 bridgehead atoms. The molecule has 0 aromatic heterocycles. The number of hydrogen-bond donors (Lipinski definition) is 0. The van der Waals surface area contributed by atoms with Crippen molar-refractivity contribution >= 4 is 23.2 Å². The first-order chi connectivity index (χ1) is 10.8. The largest absolute Gasteiger partial charge is 0.349 e. The molecule has 0 amide bonds. The number of fused-ring (bicyclic) bond motifs is 2. The lowest BCUT2D eigenvalue weighted by atomic mass is 9.91. The molecule has 4 rings (SSSR count). The third-order valence-corrected chi connectivity index (χ3v) is 5.81. The number of hydrogen-bond acceptors (Lipinski definition) is 4. The number of halogens is 2. The van der Waals surface area contributed by atoms with Crippen LogP contribution < -0.4 is 0 Å². The fraction of sp³-hybridized carbons (Fsp3) is 0.647. The van der Waals surface area contributed by atoms with E-state index in [-0.39, 0.29) is 12.2 Å². The average molecular weight is 359 g/mol. The molecule has 126 valence electrons. The minimum atomic E-state index is -0.915. The zero-order chi connectivity index (χ0) is 16.3. The van der Waals surface area contributed by atoms with Crippen molar-refractivity contribution in [2.45, 2.75) is 55.5 Å². The first-order valence-electron chi connectivity index (χ1n) is 7.85. The van der Waals surface area contributed by atoms with E-state index in [1.807, 2.05) is 44.2 Å². The molecule has 1 spiro atoms. The summed E-state index contributed by atoms with van der Waals surface area (Å²) in [6.07, 6.45) is -0.317. The topological polar surface area (TPSA) is 36.9 Å². The average Bonchev–Trinajstić information content (AvgIpc) is 2.90. The van der Waals surface area contributed by atoms with Crippen LogP contribution in [-0.2, 0) is 25.6 Å². The molecule has 4 atom stereocenters. The molecular formula is C17H20Cl2O4. The molecule has 6 heteroatoms. The first-order valence-corrected chi connectivity index (χ1v) is 8.60. The number of ether oxygens (including phenoxy) is 4. The predicted octanol–water partition coefficient (Wildman–Crippen LogP) is 3.64. The van der Waals surface area contributed by atoms with E-state index in [2.05, 4.69) is 0 Å². The van der Waals surface area contributed by atoms with E-state index < -0.39 is 21.8 Å². The van der Waals surface area contributed by atoms with Gasteiger partial charge in [-0.3, -0.25) is 0 Å². The van der Waals surface area contributed by atoms with E-state index in [9.17, 15) is 0 Å². The van der Waals surface area contributed by atoms with Gasteiger partial charge in [-0.05, 0) is 25.8 Å². The Labute approximate surface area is 145 Å². The van der Waals surface area contributed by atoms with E-state index >= 15 is 0 Å². The molecule has 2 heterocycles. The van der Waals surface area contributed by atoms with Gasteiger partial charge in [-0.15, -0.1) is 23.2 Å². The Hall–Kier alpha value is -0.360. The molecule has 23 heavy (non-hydrogen) atoms. The summed E-state index contributed by atoms with van der Waals surface area (Å²) in [4.78, 5) is 0. The van der Waals surface area contributed by atoms with E-state index in [0.29, 0.717) is 19.6 Å². The van der Waals surface area contributed by atoms with Gasteiger partial charge in [-0.25, -0.2) is 0 Å². The van der Waals surface area contributed by atoms with Crippen molar-refractivity contribution in [1.82, 2.24) is 0 Å². The molecule has 4 nitrogen and oxygen atoms in total. The standard InChI is InChI=1S/C17H20Cl2O4/c1-15(2)22-12-9-21-14(20-8-11-6-4-3-5-7-11)16(13(12)23-15)10-17(16,18)19/h3-7,12-14H,8-10H2,1-2H3/t12-,13-,14-,16+/m0/s1. The summed E-state index contributed by atoms with van der Waals surface area (Å²) in [7, 11) is 0. The second-order valence-electron chi connectivity index (χ2n) is 6.98. The van der Waals surface area contributed by atoms with Crippen LogP contribution in [0, 0.1) is 5.41 Å². The van der Waals surface area contributed by atoms with Crippen LogP contribution in [0.5, 0.6) is 0 Å². The zero-order valence-electron chi connectivity index (χ0n) is 13.1. The zero-order valence-corrected chi connectivity index (χ0v) is 14.6. The molecule has 2 saturated heterocycles. The molecule has 0 radical (unpaired) electrons. The van der Waals surface area contributed by atoms with Crippen molar-refractivity contribution in [3.63, 3.8) is 0 Å². The fourth-order valence-electron chi connectivity index (χ4n) is 3.69. The number of rotatable bonds is 3. The highest BCUT2D eigenvalue weighted by Gasteiger charge is 2.79. The Kier molecular flexibility index (Phi) is 3.73. The van der Waals surface area contributed by atoms with Crippen molar-refractivity contribution in [3.8, 4) is 0 Å². The molecular weight excluding hydrogens is 339 g/mol. The first kappa shape index (κ1) is 16.1. The number of alkyl halides is 2. The SMILES string of the molecule is CC1(C)O[C@H]2CO[C@H](OCc3ccccc3)[C@@]3(CC3(Cl)Cl)[C@H]2O1. The van der Waals surface area contributed by atoms with E-state index in [4.69, 9.17) is 42.1 Å². The molecule has 0 unspecified atom stereocenters. The molecule has 1 aromatic carbocycles. The minimum absolute atomic E-state index is 0.166. The maximum atomic E-state index is 6.48. The minimum Gasteiger partial charge on any atom is -0.349 e. The maximum absolute atomic E-state index is 6.48. The Morgan fingerprint density at radius 3 is 2.52 bits per heavy atom. The van der Waals surface area contributed by atoms with Crippen molar-refractivity contribution < 1.29 is 18.9 Å². The third-order valence-electron chi connectivity index (χ3n) is 4.84. The summed E-state index contributed by atoms with van der Waals surface area (Å²) in [6, 6.07) is 9.96.